The van der Waals surface area contributed by atoms with Gasteiger partial charge in [0.05, 0.1) is 18.2 Å². The Balaban J connectivity index is 1.23. The number of likely N-dealkylation sites (tertiary alicyclic amines) is 1. The second-order valence-corrected chi connectivity index (χ2v) is 10.6. The topological polar surface area (TPSA) is 73.3 Å². The molecule has 0 saturated carbocycles. The first kappa shape index (κ1) is 25.7. The number of carbonyl (C=O) groups excluding carboxylic acids is 2. The SMILES string of the molecule is CC(=O)N1CCC(Cc2cc(F)c3c(c2)C(=O)N(C[C@H](O)CN2CCc4ccccc4C2)CCO3)CC1. The summed E-state index contributed by atoms with van der Waals surface area (Å²) in [6.45, 7) is 5.79. The predicted molar refractivity (Wildman–Crippen MR) is 138 cm³/mol. The lowest BCUT2D eigenvalue weighted by Crippen LogP contribution is -2.44. The molecule has 37 heavy (non-hydrogen) atoms. The zero-order valence-electron chi connectivity index (χ0n) is 21.5. The van der Waals surface area contributed by atoms with Crippen molar-refractivity contribution in [2.24, 2.45) is 5.92 Å². The van der Waals surface area contributed by atoms with E-state index in [-0.39, 0.29) is 36.3 Å². The van der Waals surface area contributed by atoms with Crippen LogP contribution in [0, 0.1) is 11.7 Å². The number of hydrogen-bond acceptors (Lipinski definition) is 5. The molecule has 3 aliphatic rings. The lowest BCUT2D eigenvalue weighted by atomic mass is 9.89. The van der Waals surface area contributed by atoms with Crippen LogP contribution in [-0.2, 0) is 24.2 Å². The second-order valence-electron chi connectivity index (χ2n) is 10.6. The molecular weight excluding hydrogens is 473 g/mol. The predicted octanol–water partition coefficient (Wildman–Crippen LogP) is 2.88. The molecule has 0 aromatic heterocycles. The van der Waals surface area contributed by atoms with E-state index < -0.39 is 11.9 Å². The van der Waals surface area contributed by atoms with Gasteiger partial charge in [0.25, 0.3) is 5.91 Å². The quantitative estimate of drug-likeness (QED) is 0.649. The summed E-state index contributed by atoms with van der Waals surface area (Å²) in [7, 11) is 0. The maximum absolute atomic E-state index is 15.0. The van der Waals surface area contributed by atoms with Crippen molar-refractivity contribution in [3.8, 4) is 5.75 Å². The normalized spacial score (nSPS) is 19.6. The summed E-state index contributed by atoms with van der Waals surface area (Å²) in [5, 5.41) is 10.9. The number of ether oxygens (including phenoxy) is 1. The van der Waals surface area contributed by atoms with Gasteiger partial charge < -0.3 is 19.6 Å². The number of aliphatic hydroxyl groups is 1. The van der Waals surface area contributed by atoms with Gasteiger partial charge in [-0.25, -0.2) is 4.39 Å². The molecule has 0 unspecified atom stereocenters. The molecule has 2 aromatic rings. The zero-order chi connectivity index (χ0) is 25.9. The maximum atomic E-state index is 15.0. The van der Waals surface area contributed by atoms with E-state index in [4.69, 9.17) is 4.74 Å². The molecule has 1 fully saturated rings. The Hall–Kier alpha value is -2.97. The molecule has 3 heterocycles. The Morgan fingerprint density at radius 2 is 1.86 bits per heavy atom. The van der Waals surface area contributed by atoms with Gasteiger partial charge in [0.1, 0.15) is 6.61 Å². The molecule has 2 aromatic carbocycles. The van der Waals surface area contributed by atoms with E-state index in [0.717, 1.165) is 37.9 Å². The Morgan fingerprint density at radius 3 is 2.62 bits per heavy atom. The monoisotopic (exact) mass is 509 g/mol. The maximum Gasteiger partial charge on any atom is 0.257 e. The van der Waals surface area contributed by atoms with E-state index in [1.54, 1.807) is 17.9 Å². The summed E-state index contributed by atoms with van der Waals surface area (Å²) in [4.78, 5) is 30.7. The molecule has 2 amide bonds. The van der Waals surface area contributed by atoms with Crippen LogP contribution in [0.25, 0.3) is 0 Å². The summed E-state index contributed by atoms with van der Waals surface area (Å²) < 4.78 is 20.7. The summed E-state index contributed by atoms with van der Waals surface area (Å²) in [6.07, 6.45) is 2.62. The molecule has 5 rings (SSSR count). The van der Waals surface area contributed by atoms with E-state index in [1.165, 1.54) is 17.2 Å². The fourth-order valence-corrected chi connectivity index (χ4v) is 5.88. The van der Waals surface area contributed by atoms with Crippen molar-refractivity contribution >= 4 is 11.8 Å². The van der Waals surface area contributed by atoms with Crippen molar-refractivity contribution in [1.29, 1.82) is 0 Å². The standard InChI is InChI=1S/C29H36FN3O4/c1-20(34)32-10-6-21(7-11-32)14-22-15-26-28(27(30)16-22)37-13-12-33(29(26)36)19-25(35)18-31-9-8-23-4-2-3-5-24(23)17-31/h2-5,15-16,21,25,35H,6-14,17-19H2,1H3/t25-/m1/s1. The van der Waals surface area contributed by atoms with Crippen LogP contribution in [0.3, 0.4) is 0 Å². The molecule has 1 saturated heterocycles. The molecular formula is C29H36FN3O4. The largest absolute Gasteiger partial charge is 0.488 e. The van der Waals surface area contributed by atoms with Crippen LogP contribution in [-0.4, -0.2) is 83.6 Å². The number of nitrogens with zero attached hydrogens (tertiary/aromatic N) is 3. The van der Waals surface area contributed by atoms with Crippen LogP contribution in [0.1, 0.15) is 46.8 Å². The first-order chi connectivity index (χ1) is 17.9. The van der Waals surface area contributed by atoms with Crippen molar-refractivity contribution < 1.29 is 23.8 Å². The van der Waals surface area contributed by atoms with Gasteiger partial charge in [-0.1, -0.05) is 24.3 Å². The molecule has 1 atom stereocenters. The van der Waals surface area contributed by atoms with E-state index in [0.29, 0.717) is 38.5 Å². The minimum absolute atomic E-state index is 0.00442. The third-order valence-electron chi connectivity index (χ3n) is 7.92. The van der Waals surface area contributed by atoms with Gasteiger partial charge in [0, 0.05) is 46.2 Å². The second kappa shape index (κ2) is 11.2. The van der Waals surface area contributed by atoms with Crippen LogP contribution < -0.4 is 4.74 Å². The number of amides is 2. The molecule has 1 N–H and O–H groups in total. The number of β-amino-alcohol motifs (C(OH)–C–C–N with tert-alkyl or cyclic N) is 1. The third kappa shape index (κ3) is 5.96. The van der Waals surface area contributed by atoms with E-state index in [9.17, 15) is 14.7 Å². The third-order valence-corrected chi connectivity index (χ3v) is 7.92. The fraction of sp³-hybridized carbons (Fsp3) is 0.517. The smallest absolute Gasteiger partial charge is 0.257 e. The van der Waals surface area contributed by atoms with Crippen molar-refractivity contribution in [3.63, 3.8) is 0 Å². The van der Waals surface area contributed by atoms with Crippen molar-refractivity contribution in [3.05, 3.63) is 64.5 Å². The van der Waals surface area contributed by atoms with Crippen molar-refractivity contribution in [2.45, 2.75) is 45.3 Å². The molecule has 7 nitrogen and oxygen atoms in total. The Bertz CT molecular complexity index is 1150. The van der Waals surface area contributed by atoms with Gasteiger partial charge in [0.2, 0.25) is 5.91 Å². The van der Waals surface area contributed by atoms with Gasteiger partial charge >= 0.3 is 0 Å². The number of fused-ring (bicyclic) bond motifs is 2. The van der Waals surface area contributed by atoms with E-state index in [1.807, 2.05) is 11.0 Å². The van der Waals surface area contributed by atoms with E-state index in [2.05, 4.69) is 23.1 Å². The molecule has 3 aliphatic heterocycles. The number of carbonyl (C=O) groups is 2. The molecule has 0 aliphatic carbocycles. The van der Waals surface area contributed by atoms with Gasteiger partial charge in [-0.05, 0) is 60.4 Å². The minimum atomic E-state index is -0.713. The number of rotatable bonds is 6. The van der Waals surface area contributed by atoms with Gasteiger partial charge in [-0.15, -0.1) is 0 Å². The van der Waals surface area contributed by atoms with Gasteiger partial charge in [-0.3, -0.25) is 14.5 Å². The van der Waals surface area contributed by atoms with Crippen LogP contribution in [0.15, 0.2) is 36.4 Å². The van der Waals surface area contributed by atoms with Crippen LogP contribution in [0.5, 0.6) is 5.75 Å². The summed E-state index contributed by atoms with van der Waals surface area (Å²) in [5.41, 5.74) is 3.63. The highest BCUT2D eigenvalue weighted by atomic mass is 19.1. The zero-order valence-corrected chi connectivity index (χ0v) is 21.5. The van der Waals surface area contributed by atoms with Crippen molar-refractivity contribution in [2.75, 3.05) is 45.9 Å². The lowest BCUT2D eigenvalue weighted by molar-refractivity contribution is -0.130. The van der Waals surface area contributed by atoms with Crippen LogP contribution in [0.4, 0.5) is 4.39 Å². The van der Waals surface area contributed by atoms with E-state index >= 15 is 4.39 Å². The summed E-state index contributed by atoms with van der Waals surface area (Å²) in [5.74, 6) is -0.393. The number of benzene rings is 2. The highest BCUT2D eigenvalue weighted by Crippen LogP contribution is 2.31. The molecule has 8 heteroatoms. The Kier molecular flexibility index (Phi) is 7.76. The highest BCUT2D eigenvalue weighted by molar-refractivity contribution is 5.97. The molecule has 0 bridgehead atoms. The fourth-order valence-electron chi connectivity index (χ4n) is 5.88. The average Bonchev–Trinajstić information content (AvgIpc) is 3.03. The summed E-state index contributed by atoms with van der Waals surface area (Å²) >= 11 is 0. The molecule has 0 radical (unpaired) electrons. The minimum Gasteiger partial charge on any atom is -0.488 e. The molecule has 198 valence electrons. The number of piperidine rings is 1. The molecule has 0 spiro atoms. The first-order valence-corrected chi connectivity index (χ1v) is 13.3. The van der Waals surface area contributed by atoms with Crippen molar-refractivity contribution in [1.82, 2.24) is 14.7 Å². The highest BCUT2D eigenvalue weighted by Gasteiger charge is 2.30. The number of halogens is 1. The van der Waals surface area contributed by atoms with Gasteiger partial charge in [-0.2, -0.15) is 0 Å². The average molecular weight is 510 g/mol. The lowest BCUT2D eigenvalue weighted by Gasteiger charge is -2.32. The Morgan fingerprint density at radius 1 is 1.11 bits per heavy atom. The van der Waals surface area contributed by atoms with Crippen LogP contribution in [0.2, 0.25) is 0 Å². The Labute approximate surface area is 217 Å². The number of hydrogen-bond donors (Lipinski definition) is 1. The number of aliphatic hydroxyl groups excluding tert-OH is 1. The van der Waals surface area contributed by atoms with Crippen LogP contribution >= 0.6 is 0 Å². The summed E-state index contributed by atoms with van der Waals surface area (Å²) in [6, 6.07) is 11.6. The first-order valence-electron chi connectivity index (χ1n) is 13.3. The van der Waals surface area contributed by atoms with Gasteiger partial charge in [0.15, 0.2) is 11.6 Å².